The first-order valence-electron chi connectivity index (χ1n) is 11.2. The number of nitrogens with two attached hydrogens (primary N) is 1. The molecule has 0 heterocycles. The third-order valence-corrected chi connectivity index (χ3v) is 5.08. The molecule has 0 aliphatic rings. The van der Waals surface area contributed by atoms with Crippen LogP contribution in [0.4, 0.5) is 10.5 Å². The molecule has 1 amide bonds. The van der Waals surface area contributed by atoms with Crippen molar-refractivity contribution in [1.82, 2.24) is 0 Å². The standard InChI is InChI=1S/C27H33N3O3/c1-6-7-15-33-27(32)30-26(28)21-10-12-23(13-11-21)29-14-8-9-22-16-20(5)24(17-19(22)4)25(31)18(2)3/h10-13,16-18,29H,6-7,14-15H2,1-5H3,(H2,28,30,32). The first-order chi connectivity index (χ1) is 15.7. The van der Waals surface area contributed by atoms with Crippen LogP contribution in [-0.4, -0.2) is 30.9 Å². The molecule has 0 spiro atoms. The minimum absolute atomic E-state index is 0.0307. The normalized spacial score (nSPS) is 11.0. The summed E-state index contributed by atoms with van der Waals surface area (Å²) in [5.41, 5.74) is 11.0. The molecular weight excluding hydrogens is 414 g/mol. The number of rotatable bonds is 8. The molecule has 2 aromatic rings. The number of nitrogens with zero attached hydrogens (tertiary/aromatic N) is 1. The number of carbonyl (C=O) groups is 2. The topological polar surface area (TPSA) is 93.8 Å². The summed E-state index contributed by atoms with van der Waals surface area (Å²) in [4.78, 5) is 27.8. The SMILES string of the molecule is CCCCOC(=O)N=C(N)c1ccc(NCC#Cc2cc(C)c(C(=O)C(C)C)cc2C)cc1. The number of unbranched alkanes of at least 4 members (excludes halogenated alkanes) is 1. The van der Waals surface area contributed by atoms with Crippen molar-refractivity contribution in [2.24, 2.45) is 16.6 Å². The van der Waals surface area contributed by atoms with Crippen molar-refractivity contribution in [3.8, 4) is 11.8 Å². The third-order valence-electron chi connectivity index (χ3n) is 5.08. The lowest BCUT2D eigenvalue weighted by Crippen LogP contribution is -2.16. The predicted molar refractivity (Wildman–Crippen MR) is 134 cm³/mol. The van der Waals surface area contributed by atoms with Gasteiger partial charge in [-0.2, -0.15) is 4.99 Å². The number of ketones is 1. The molecule has 2 rings (SSSR count). The number of benzene rings is 2. The Labute approximate surface area is 196 Å². The van der Waals surface area contributed by atoms with Crippen LogP contribution in [0.25, 0.3) is 0 Å². The molecule has 0 atom stereocenters. The summed E-state index contributed by atoms with van der Waals surface area (Å²) in [5.74, 6) is 6.54. The molecule has 33 heavy (non-hydrogen) atoms. The summed E-state index contributed by atoms with van der Waals surface area (Å²) in [6.45, 7) is 10.5. The van der Waals surface area contributed by atoms with E-state index in [9.17, 15) is 9.59 Å². The molecule has 174 valence electrons. The number of hydrogen-bond donors (Lipinski definition) is 2. The van der Waals surface area contributed by atoms with Crippen LogP contribution in [-0.2, 0) is 4.74 Å². The number of hydrogen-bond acceptors (Lipinski definition) is 4. The van der Waals surface area contributed by atoms with E-state index in [-0.39, 0.29) is 17.5 Å². The fourth-order valence-corrected chi connectivity index (χ4v) is 3.07. The molecular formula is C27H33N3O3. The van der Waals surface area contributed by atoms with Gasteiger partial charge in [0.25, 0.3) is 0 Å². The molecule has 2 aromatic carbocycles. The first kappa shape index (κ1) is 25.7. The fraction of sp³-hybridized carbons (Fsp3) is 0.370. The third kappa shape index (κ3) is 7.80. The van der Waals surface area contributed by atoms with E-state index >= 15 is 0 Å². The number of nitrogens with one attached hydrogen (secondary N) is 1. The smallest absolute Gasteiger partial charge is 0.435 e. The number of Topliss-reactive ketones (excluding diaryl/α,β-unsaturated/α-hetero) is 1. The Morgan fingerprint density at radius 1 is 1.12 bits per heavy atom. The lowest BCUT2D eigenvalue weighted by Gasteiger charge is -2.10. The van der Waals surface area contributed by atoms with Gasteiger partial charge in [0.1, 0.15) is 5.84 Å². The second kappa shape index (κ2) is 12.4. The largest absolute Gasteiger partial charge is 0.448 e. The number of aryl methyl sites for hydroxylation is 2. The highest BCUT2D eigenvalue weighted by Gasteiger charge is 2.14. The Bertz CT molecular complexity index is 1070. The highest BCUT2D eigenvalue weighted by Crippen LogP contribution is 2.19. The lowest BCUT2D eigenvalue weighted by atomic mass is 9.93. The van der Waals surface area contributed by atoms with E-state index in [0.717, 1.165) is 40.8 Å². The van der Waals surface area contributed by atoms with Crippen LogP contribution in [0, 0.1) is 31.6 Å². The van der Waals surface area contributed by atoms with Crippen molar-refractivity contribution in [2.75, 3.05) is 18.5 Å². The fourth-order valence-electron chi connectivity index (χ4n) is 3.07. The van der Waals surface area contributed by atoms with E-state index in [2.05, 4.69) is 22.2 Å². The van der Waals surface area contributed by atoms with Gasteiger partial charge in [0.15, 0.2) is 5.78 Å². The van der Waals surface area contributed by atoms with Crippen LogP contribution < -0.4 is 11.1 Å². The number of anilines is 1. The monoisotopic (exact) mass is 447 g/mol. The van der Waals surface area contributed by atoms with E-state index in [1.54, 1.807) is 12.1 Å². The Balaban J connectivity index is 1.96. The van der Waals surface area contributed by atoms with Gasteiger partial charge >= 0.3 is 6.09 Å². The second-order valence-corrected chi connectivity index (χ2v) is 8.20. The Morgan fingerprint density at radius 2 is 1.82 bits per heavy atom. The lowest BCUT2D eigenvalue weighted by molar-refractivity contribution is 0.0938. The Kier molecular flexibility index (Phi) is 9.68. The molecule has 0 saturated heterocycles. The molecule has 3 N–H and O–H groups in total. The Morgan fingerprint density at radius 3 is 2.45 bits per heavy atom. The average molecular weight is 448 g/mol. The van der Waals surface area contributed by atoms with Gasteiger partial charge in [-0.3, -0.25) is 4.79 Å². The predicted octanol–water partition coefficient (Wildman–Crippen LogP) is 5.25. The van der Waals surface area contributed by atoms with Crippen molar-refractivity contribution in [1.29, 1.82) is 0 Å². The van der Waals surface area contributed by atoms with E-state index in [1.165, 1.54) is 0 Å². The minimum atomic E-state index is -0.675. The highest BCUT2D eigenvalue weighted by molar-refractivity contribution is 6.03. The van der Waals surface area contributed by atoms with Crippen molar-refractivity contribution < 1.29 is 14.3 Å². The minimum Gasteiger partial charge on any atom is -0.448 e. The zero-order chi connectivity index (χ0) is 24.4. The molecule has 6 heteroatoms. The molecule has 0 aromatic heterocycles. The number of ether oxygens (including phenoxy) is 1. The van der Waals surface area contributed by atoms with Crippen LogP contribution in [0.5, 0.6) is 0 Å². The van der Waals surface area contributed by atoms with Gasteiger partial charge < -0.3 is 15.8 Å². The van der Waals surface area contributed by atoms with Gasteiger partial charge in [0.05, 0.1) is 13.2 Å². The molecule has 0 radical (unpaired) electrons. The second-order valence-electron chi connectivity index (χ2n) is 8.20. The average Bonchev–Trinajstić information content (AvgIpc) is 2.78. The van der Waals surface area contributed by atoms with E-state index < -0.39 is 6.09 Å². The Hall–Kier alpha value is -3.59. The van der Waals surface area contributed by atoms with Gasteiger partial charge in [0, 0.05) is 28.3 Å². The van der Waals surface area contributed by atoms with E-state index in [1.807, 2.05) is 58.9 Å². The van der Waals surface area contributed by atoms with Gasteiger partial charge in [-0.15, -0.1) is 0 Å². The molecule has 0 aliphatic heterocycles. The molecule has 6 nitrogen and oxygen atoms in total. The van der Waals surface area contributed by atoms with Crippen LogP contribution in [0.1, 0.15) is 66.2 Å². The summed E-state index contributed by atoms with van der Waals surface area (Å²) in [6.07, 6.45) is 1.06. The number of aliphatic imine (C=N–C) groups is 1. The van der Waals surface area contributed by atoms with Gasteiger partial charge in [-0.25, -0.2) is 4.79 Å². The van der Waals surface area contributed by atoms with Crippen molar-refractivity contribution in [3.63, 3.8) is 0 Å². The number of amides is 1. The number of carbonyl (C=O) groups excluding carboxylic acids is 2. The van der Waals surface area contributed by atoms with E-state index in [4.69, 9.17) is 10.5 Å². The maximum Gasteiger partial charge on any atom is 0.435 e. The molecule has 0 fully saturated rings. The summed E-state index contributed by atoms with van der Waals surface area (Å²) in [7, 11) is 0. The van der Waals surface area contributed by atoms with Crippen molar-refractivity contribution in [3.05, 3.63) is 64.2 Å². The van der Waals surface area contributed by atoms with Crippen molar-refractivity contribution >= 4 is 23.4 Å². The van der Waals surface area contributed by atoms with Crippen LogP contribution in [0.2, 0.25) is 0 Å². The van der Waals surface area contributed by atoms with Gasteiger partial charge in [-0.1, -0.05) is 39.0 Å². The zero-order valence-corrected chi connectivity index (χ0v) is 20.1. The van der Waals surface area contributed by atoms with E-state index in [0.29, 0.717) is 18.7 Å². The summed E-state index contributed by atoms with van der Waals surface area (Å²) in [6, 6.07) is 11.2. The molecule has 0 aliphatic carbocycles. The summed E-state index contributed by atoms with van der Waals surface area (Å²) in [5, 5.41) is 3.23. The zero-order valence-electron chi connectivity index (χ0n) is 20.1. The number of amidine groups is 1. The molecule has 0 bridgehead atoms. The van der Waals surface area contributed by atoms with Crippen LogP contribution >= 0.6 is 0 Å². The summed E-state index contributed by atoms with van der Waals surface area (Å²) >= 11 is 0. The van der Waals surface area contributed by atoms with Crippen LogP contribution in [0.3, 0.4) is 0 Å². The summed E-state index contributed by atoms with van der Waals surface area (Å²) < 4.78 is 4.99. The maximum absolute atomic E-state index is 12.3. The maximum atomic E-state index is 12.3. The highest BCUT2D eigenvalue weighted by atomic mass is 16.5. The first-order valence-corrected chi connectivity index (χ1v) is 11.2. The van der Waals surface area contributed by atoms with Crippen LogP contribution in [0.15, 0.2) is 41.4 Å². The quantitative estimate of drug-likeness (QED) is 0.190. The van der Waals surface area contributed by atoms with Gasteiger partial charge in [-0.05, 0) is 67.8 Å². The molecule has 0 unspecified atom stereocenters. The van der Waals surface area contributed by atoms with Crippen molar-refractivity contribution in [2.45, 2.75) is 47.5 Å². The van der Waals surface area contributed by atoms with Gasteiger partial charge in [0.2, 0.25) is 0 Å². The molecule has 0 saturated carbocycles.